The first-order valence-electron chi connectivity index (χ1n) is 5.94. The van der Waals surface area contributed by atoms with E-state index in [9.17, 15) is 13.9 Å². The lowest BCUT2D eigenvalue weighted by molar-refractivity contribution is 0.169. The molecule has 0 amide bonds. The molecule has 1 aromatic carbocycles. The van der Waals surface area contributed by atoms with Crippen LogP contribution in [0.1, 0.15) is 22.1 Å². The van der Waals surface area contributed by atoms with E-state index in [1.807, 2.05) is 18.4 Å². The number of rotatable bonds is 5. The van der Waals surface area contributed by atoms with Crippen molar-refractivity contribution in [1.82, 2.24) is 5.32 Å². The van der Waals surface area contributed by atoms with Crippen molar-refractivity contribution >= 4 is 11.3 Å². The minimum atomic E-state index is -0.985. The average Bonchev–Trinajstić information content (AvgIpc) is 2.75. The number of thiophene rings is 1. The van der Waals surface area contributed by atoms with Crippen LogP contribution in [0.4, 0.5) is 8.78 Å². The van der Waals surface area contributed by atoms with Gasteiger partial charge in [0.15, 0.2) is 0 Å². The Morgan fingerprint density at radius 1 is 1.32 bits per heavy atom. The van der Waals surface area contributed by atoms with Crippen LogP contribution in [-0.2, 0) is 6.54 Å². The van der Waals surface area contributed by atoms with Gasteiger partial charge in [-0.2, -0.15) is 0 Å². The van der Waals surface area contributed by atoms with Crippen LogP contribution < -0.4 is 5.32 Å². The van der Waals surface area contributed by atoms with Crippen molar-refractivity contribution in [2.75, 3.05) is 6.54 Å². The van der Waals surface area contributed by atoms with Gasteiger partial charge < -0.3 is 10.4 Å². The normalized spacial score (nSPS) is 12.6. The predicted octanol–water partition coefficient (Wildman–Crippen LogP) is 3.16. The fourth-order valence-electron chi connectivity index (χ4n) is 1.79. The quantitative estimate of drug-likeness (QED) is 0.883. The Morgan fingerprint density at radius 2 is 2.11 bits per heavy atom. The summed E-state index contributed by atoms with van der Waals surface area (Å²) in [5.41, 5.74) is 1.30. The standard InChI is InChI=1S/C14H15F2NOS/c1-9-4-5-19-14(9)8-17-7-13(18)11-3-2-10(15)6-12(11)16/h2-6,13,17-18H,7-8H2,1H3/t13-/m1/s1. The molecule has 0 bridgehead atoms. The smallest absolute Gasteiger partial charge is 0.131 e. The van der Waals surface area contributed by atoms with E-state index in [0.29, 0.717) is 6.54 Å². The molecule has 2 rings (SSSR count). The van der Waals surface area contributed by atoms with E-state index >= 15 is 0 Å². The summed E-state index contributed by atoms with van der Waals surface area (Å²) in [4.78, 5) is 1.19. The molecule has 2 N–H and O–H groups in total. The molecule has 0 saturated carbocycles. The SMILES string of the molecule is Cc1ccsc1CNC[C@@H](O)c1ccc(F)cc1F. The summed E-state index contributed by atoms with van der Waals surface area (Å²) in [6.07, 6.45) is -0.985. The number of aliphatic hydroxyl groups is 1. The van der Waals surface area contributed by atoms with Gasteiger partial charge in [0, 0.05) is 29.6 Å². The first-order valence-corrected chi connectivity index (χ1v) is 6.82. The van der Waals surface area contributed by atoms with Gasteiger partial charge in [-0.1, -0.05) is 6.07 Å². The zero-order valence-electron chi connectivity index (χ0n) is 10.5. The maximum atomic E-state index is 13.4. The summed E-state index contributed by atoms with van der Waals surface area (Å²) >= 11 is 1.63. The van der Waals surface area contributed by atoms with Crippen molar-refractivity contribution in [3.05, 3.63) is 57.3 Å². The number of benzene rings is 1. The van der Waals surface area contributed by atoms with Crippen molar-refractivity contribution in [2.45, 2.75) is 19.6 Å². The minimum absolute atomic E-state index is 0.108. The Hall–Kier alpha value is -1.30. The molecule has 5 heteroatoms. The molecule has 2 nitrogen and oxygen atoms in total. The van der Waals surface area contributed by atoms with Gasteiger partial charge in [0.2, 0.25) is 0 Å². The fraction of sp³-hybridized carbons (Fsp3) is 0.286. The molecule has 0 aliphatic carbocycles. The Kier molecular flexibility index (Phi) is 4.63. The molecular formula is C14H15F2NOS. The summed E-state index contributed by atoms with van der Waals surface area (Å²) < 4.78 is 26.2. The summed E-state index contributed by atoms with van der Waals surface area (Å²) in [5, 5.41) is 14.9. The van der Waals surface area contributed by atoms with E-state index < -0.39 is 17.7 Å². The summed E-state index contributed by atoms with van der Waals surface area (Å²) in [7, 11) is 0. The Bertz CT molecular complexity index is 556. The Morgan fingerprint density at radius 3 is 2.74 bits per heavy atom. The first kappa shape index (κ1) is 14.1. The van der Waals surface area contributed by atoms with E-state index in [1.165, 1.54) is 16.5 Å². The van der Waals surface area contributed by atoms with Crippen LogP contribution in [0.15, 0.2) is 29.6 Å². The molecule has 1 heterocycles. The number of hydrogen-bond acceptors (Lipinski definition) is 3. The molecule has 1 aromatic heterocycles. The number of aryl methyl sites for hydroxylation is 1. The molecule has 0 saturated heterocycles. The van der Waals surface area contributed by atoms with Gasteiger partial charge >= 0.3 is 0 Å². The highest BCUT2D eigenvalue weighted by molar-refractivity contribution is 7.10. The van der Waals surface area contributed by atoms with E-state index in [1.54, 1.807) is 11.3 Å². The van der Waals surface area contributed by atoms with Gasteiger partial charge in [0.1, 0.15) is 11.6 Å². The molecule has 0 radical (unpaired) electrons. The van der Waals surface area contributed by atoms with Crippen molar-refractivity contribution < 1.29 is 13.9 Å². The largest absolute Gasteiger partial charge is 0.387 e. The molecule has 0 unspecified atom stereocenters. The number of halogens is 2. The van der Waals surface area contributed by atoms with Gasteiger partial charge in [0.25, 0.3) is 0 Å². The minimum Gasteiger partial charge on any atom is -0.387 e. The zero-order valence-corrected chi connectivity index (χ0v) is 11.3. The summed E-state index contributed by atoms with van der Waals surface area (Å²) in [6, 6.07) is 5.22. The van der Waals surface area contributed by atoms with E-state index in [4.69, 9.17) is 0 Å². The van der Waals surface area contributed by atoms with Gasteiger partial charge in [-0.3, -0.25) is 0 Å². The molecule has 0 spiro atoms. The van der Waals surface area contributed by atoms with Crippen molar-refractivity contribution in [3.63, 3.8) is 0 Å². The topological polar surface area (TPSA) is 32.3 Å². The molecule has 19 heavy (non-hydrogen) atoms. The lowest BCUT2D eigenvalue weighted by Gasteiger charge is -2.13. The van der Waals surface area contributed by atoms with Crippen LogP contribution in [0.3, 0.4) is 0 Å². The predicted molar refractivity (Wildman–Crippen MR) is 72.1 cm³/mol. The van der Waals surface area contributed by atoms with Crippen molar-refractivity contribution in [1.29, 1.82) is 0 Å². The van der Waals surface area contributed by atoms with Crippen molar-refractivity contribution in [2.24, 2.45) is 0 Å². The van der Waals surface area contributed by atoms with Crippen LogP contribution in [0.25, 0.3) is 0 Å². The van der Waals surface area contributed by atoms with Crippen LogP contribution in [-0.4, -0.2) is 11.7 Å². The molecule has 2 aromatic rings. The van der Waals surface area contributed by atoms with Crippen LogP contribution in [0.5, 0.6) is 0 Å². The first-order chi connectivity index (χ1) is 9.08. The second-order valence-electron chi connectivity index (χ2n) is 4.34. The van der Waals surface area contributed by atoms with Crippen molar-refractivity contribution in [3.8, 4) is 0 Å². The highest BCUT2D eigenvalue weighted by Crippen LogP contribution is 2.18. The second-order valence-corrected chi connectivity index (χ2v) is 5.34. The van der Waals surface area contributed by atoms with Crippen LogP contribution in [0.2, 0.25) is 0 Å². The molecule has 0 aliphatic rings. The van der Waals surface area contributed by atoms with Gasteiger partial charge in [-0.15, -0.1) is 11.3 Å². The van der Waals surface area contributed by atoms with Gasteiger partial charge in [-0.05, 0) is 30.0 Å². The third kappa shape index (κ3) is 3.59. The highest BCUT2D eigenvalue weighted by atomic mass is 32.1. The molecule has 0 aliphatic heterocycles. The molecule has 1 atom stereocenters. The highest BCUT2D eigenvalue weighted by Gasteiger charge is 2.13. The second kappa shape index (κ2) is 6.23. The monoisotopic (exact) mass is 283 g/mol. The summed E-state index contributed by atoms with van der Waals surface area (Å²) in [6.45, 7) is 2.87. The average molecular weight is 283 g/mol. The Balaban J connectivity index is 1.91. The maximum absolute atomic E-state index is 13.4. The third-order valence-electron chi connectivity index (χ3n) is 2.91. The van der Waals surface area contributed by atoms with E-state index in [0.717, 1.165) is 12.1 Å². The fourth-order valence-corrected chi connectivity index (χ4v) is 2.67. The zero-order chi connectivity index (χ0) is 13.8. The summed E-state index contributed by atoms with van der Waals surface area (Å²) in [5.74, 6) is -1.36. The third-order valence-corrected chi connectivity index (χ3v) is 3.94. The van der Waals surface area contributed by atoms with Crippen LogP contribution in [0, 0.1) is 18.6 Å². The maximum Gasteiger partial charge on any atom is 0.131 e. The molecule has 102 valence electrons. The van der Waals surface area contributed by atoms with Crippen LogP contribution >= 0.6 is 11.3 Å². The number of nitrogens with one attached hydrogen (secondary N) is 1. The lowest BCUT2D eigenvalue weighted by Crippen LogP contribution is -2.21. The van der Waals surface area contributed by atoms with E-state index in [-0.39, 0.29) is 12.1 Å². The number of hydrogen-bond donors (Lipinski definition) is 2. The lowest BCUT2D eigenvalue weighted by atomic mass is 10.1. The Labute approximate surface area is 114 Å². The van der Waals surface area contributed by atoms with E-state index in [2.05, 4.69) is 5.32 Å². The molecular weight excluding hydrogens is 268 g/mol. The van der Waals surface area contributed by atoms with Gasteiger partial charge in [-0.25, -0.2) is 8.78 Å². The number of aliphatic hydroxyl groups excluding tert-OH is 1. The van der Waals surface area contributed by atoms with Gasteiger partial charge in [0.05, 0.1) is 6.10 Å². The molecule has 0 fully saturated rings.